The van der Waals surface area contributed by atoms with Crippen molar-refractivity contribution in [3.05, 3.63) is 48.0 Å². The van der Waals surface area contributed by atoms with Crippen molar-refractivity contribution in [3.8, 4) is 34.6 Å². The second-order valence-electron chi connectivity index (χ2n) is 5.70. The lowest BCUT2D eigenvalue weighted by molar-refractivity contribution is 0.373. The minimum Gasteiger partial charge on any atom is -0.496 e. The molecule has 1 heterocycles. The molecule has 3 rings (SSSR count). The van der Waals surface area contributed by atoms with E-state index in [0.717, 1.165) is 0 Å². The van der Waals surface area contributed by atoms with Gasteiger partial charge in [0.25, 0.3) is 10.0 Å². The van der Waals surface area contributed by atoms with E-state index in [4.69, 9.17) is 24.0 Å². The Morgan fingerprint density at radius 1 is 1.00 bits per heavy atom. The maximum Gasteiger partial charge on any atom is 0.270 e. The average Bonchev–Trinajstić information content (AvgIpc) is 3.19. The van der Waals surface area contributed by atoms with Crippen LogP contribution in [-0.4, -0.2) is 34.9 Å². The van der Waals surface area contributed by atoms with Gasteiger partial charge in [-0.3, -0.25) is 4.72 Å². The number of benzene rings is 2. The Labute approximate surface area is 167 Å². The Morgan fingerprint density at radius 3 is 2.24 bits per heavy atom. The third kappa shape index (κ3) is 3.95. The number of rotatable bonds is 7. The molecule has 9 nitrogen and oxygen atoms in total. The number of anilines is 1. The van der Waals surface area contributed by atoms with E-state index in [9.17, 15) is 8.42 Å². The molecule has 0 spiro atoms. The van der Waals surface area contributed by atoms with Gasteiger partial charge in [0, 0.05) is 6.07 Å². The van der Waals surface area contributed by atoms with Crippen LogP contribution in [0.15, 0.2) is 51.9 Å². The first-order chi connectivity index (χ1) is 13.9. The number of nitrogens with one attached hydrogen (secondary N) is 1. The molecule has 0 atom stereocenters. The predicted octanol–water partition coefficient (Wildman–Crippen LogP) is 3.04. The maximum atomic E-state index is 12.9. The summed E-state index contributed by atoms with van der Waals surface area (Å²) in [5.41, 5.74) is 0.845. The van der Waals surface area contributed by atoms with Gasteiger partial charge in [-0.1, -0.05) is 11.2 Å². The zero-order chi connectivity index (χ0) is 21.0. The van der Waals surface area contributed by atoms with E-state index in [2.05, 4.69) is 9.88 Å². The van der Waals surface area contributed by atoms with Crippen LogP contribution in [0, 0.1) is 11.3 Å². The van der Waals surface area contributed by atoms with Crippen LogP contribution in [0.1, 0.15) is 5.56 Å². The van der Waals surface area contributed by atoms with Crippen LogP contribution in [0.4, 0.5) is 5.82 Å². The highest BCUT2D eigenvalue weighted by molar-refractivity contribution is 7.93. The molecule has 0 saturated carbocycles. The van der Waals surface area contributed by atoms with Gasteiger partial charge in [0.1, 0.15) is 17.2 Å². The predicted molar refractivity (Wildman–Crippen MR) is 104 cm³/mol. The molecule has 3 aromatic rings. The van der Waals surface area contributed by atoms with Gasteiger partial charge < -0.3 is 18.7 Å². The molecule has 150 valence electrons. The minimum atomic E-state index is -4.10. The normalized spacial score (nSPS) is 10.8. The first-order valence-electron chi connectivity index (χ1n) is 8.22. The van der Waals surface area contributed by atoms with Crippen molar-refractivity contribution < 1.29 is 27.2 Å². The first kappa shape index (κ1) is 20.0. The standard InChI is InChI=1S/C19H17N3O6S/c1-25-14-8-7-12(11-20)9-13(14)17-10-18(21-28-17)22-29(23,24)19-15(26-2)5-4-6-16(19)27-3/h4-10H,1-3H3,(H,21,22). The van der Waals surface area contributed by atoms with Crippen LogP contribution < -0.4 is 18.9 Å². The third-order valence-electron chi connectivity index (χ3n) is 3.99. The fraction of sp³-hybridized carbons (Fsp3) is 0.158. The van der Waals surface area contributed by atoms with Crippen LogP contribution in [0.5, 0.6) is 17.2 Å². The number of methoxy groups -OCH3 is 3. The van der Waals surface area contributed by atoms with Gasteiger partial charge in [-0.05, 0) is 30.3 Å². The SMILES string of the molecule is COc1ccc(C#N)cc1-c1cc(NS(=O)(=O)c2c(OC)cccc2OC)no1. The Balaban J connectivity index is 1.99. The number of sulfonamides is 1. The molecule has 0 bridgehead atoms. The summed E-state index contributed by atoms with van der Waals surface area (Å²) in [5.74, 6) is 0.842. The van der Waals surface area contributed by atoms with Crippen LogP contribution in [0.3, 0.4) is 0 Å². The molecule has 0 saturated heterocycles. The number of nitrogens with zero attached hydrogens (tertiary/aromatic N) is 2. The third-order valence-corrected chi connectivity index (χ3v) is 5.41. The maximum absolute atomic E-state index is 12.9. The zero-order valence-electron chi connectivity index (χ0n) is 15.8. The molecule has 0 aliphatic heterocycles. The van der Waals surface area contributed by atoms with Gasteiger partial charge in [0.05, 0.1) is 38.5 Å². The quantitative estimate of drug-likeness (QED) is 0.624. The van der Waals surface area contributed by atoms with E-state index >= 15 is 0 Å². The van der Waals surface area contributed by atoms with Gasteiger partial charge in [-0.25, -0.2) is 8.42 Å². The number of ether oxygens (including phenoxy) is 3. The van der Waals surface area contributed by atoms with E-state index in [0.29, 0.717) is 16.9 Å². The molecule has 0 fully saturated rings. The molecular weight excluding hydrogens is 398 g/mol. The van der Waals surface area contributed by atoms with E-state index in [-0.39, 0.29) is 28.0 Å². The molecule has 0 aliphatic carbocycles. The zero-order valence-corrected chi connectivity index (χ0v) is 16.6. The summed E-state index contributed by atoms with van der Waals surface area (Å²) in [6.07, 6.45) is 0. The molecule has 1 N–H and O–H groups in total. The van der Waals surface area contributed by atoms with Crippen LogP contribution in [0.2, 0.25) is 0 Å². The van der Waals surface area contributed by atoms with Crippen molar-refractivity contribution in [2.24, 2.45) is 0 Å². The molecule has 0 radical (unpaired) electrons. The van der Waals surface area contributed by atoms with Gasteiger partial charge in [0.15, 0.2) is 16.5 Å². The summed E-state index contributed by atoms with van der Waals surface area (Å²) in [6.45, 7) is 0. The Bertz CT molecular complexity index is 1160. The summed E-state index contributed by atoms with van der Waals surface area (Å²) in [7, 11) is 0.0839. The highest BCUT2D eigenvalue weighted by Gasteiger charge is 2.26. The summed E-state index contributed by atoms with van der Waals surface area (Å²) >= 11 is 0. The van der Waals surface area contributed by atoms with E-state index in [1.54, 1.807) is 24.3 Å². The molecule has 1 aromatic heterocycles. The summed E-state index contributed by atoms with van der Waals surface area (Å²) in [4.78, 5) is -0.168. The van der Waals surface area contributed by atoms with Crippen molar-refractivity contribution in [2.45, 2.75) is 4.90 Å². The molecular formula is C19H17N3O6S. The first-order valence-corrected chi connectivity index (χ1v) is 9.71. The summed E-state index contributed by atoms with van der Waals surface area (Å²) < 4.78 is 49.0. The van der Waals surface area contributed by atoms with Crippen LogP contribution in [0.25, 0.3) is 11.3 Å². The minimum absolute atomic E-state index is 0.0580. The highest BCUT2D eigenvalue weighted by atomic mass is 32.2. The largest absolute Gasteiger partial charge is 0.496 e. The van der Waals surface area contributed by atoms with Gasteiger partial charge in [0.2, 0.25) is 0 Å². The second kappa shape index (κ2) is 8.12. The fourth-order valence-electron chi connectivity index (χ4n) is 2.69. The summed E-state index contributed by atoms with van der Waals surface area (Å²) in [5, 5.41) is 12.9. The van der Waals surface area contributed by atoms with Crippen molar-refractivity contribution in [1.29, 1.82) is 5.26 Å². The molecule has 0 amide bonds. The average molecular weight is 415 g/mol. The van der Waals surface area contributed by atoms with Gasteiger partial charge >= 0.3 is 0 Å². The Morgan fingerprint density at radius 2 is 1.66 bits per heavy atom. The van der Waals surface area contributed by atoms with E-state index in [1.165, 1.54) is 39.5 Å². The Hall–Kier alpha value is -3.71. The highest BCUT2D eigenvalue weighted by Crippen LogP contribution is 2.36. The lowest BCUT2D eigenvalue weighted by Gasteiger charge is -2.13. The number of nitriles is 1. The molecule has 29 heavy (non-hydrogen) atoms. The van der Waals surface area contributed by atoms with Gasteiger partial charge in [-0.2, -0.15) is 5.26 Å². The summed E-state index contributed by atoms with van der Waals surface area (Å²) in [6, 6.07) is 12.8. The number of hydrogen-bond acceptors (Lipinski definition) is 8. The lowest BCUT2D eigenvalue weighted by atomic mass is 10.1. The van der Waals surface area contributed by atoms with E-state index < -0.39 is 10.0 Å². The monoisotopic (exact) mass is 415 g/mol. The fourth-order valence-corrected chi connectivity index (χ4v) is 4.00. The molecule has 2 aromatic carbocycles. The number of hydrogen-bond donors (Lipinski definition) is 1. The topological polar surface area (TPSA) is 124 Å². The molecule has 0 aliphatic rings. The second-order valence-corrected chi connectivity index (χ2v) is 7.32. The van der Waals surface area contributed by atoms with Crippen molar-refractivity contribution in [3.63, 3.8) is 0 Å². The van der Waals surface area contributed by atoms with Crippen molar-refractivity contribution >= 4 is 15.8 Å². The van der Waals surface area contributed by atoms with Crippen molar-refractivity contribution in [1.82, 2.24) is 5.16 Å². The van der Waals surface area contributed by atoms with Crippen LogP contribution >= 0.6 is 0 Å². The smallest absolute Gasteiger partial charge is 0.270 e. The van der Waals surface area contributed by atoms with E-state index in [1.807, 2.05) is 6.07 Å². The molecule has 0 unspecified atom stereocenters. The lowest BCUT2D eigenvalue weighted by Crippen LogP contribution is -2.15. The Kier molecular flexibility index (Phi) is 5.61. The number of aromatic nitrogens is 1. The van der Waals surface area contributed by atoms with Crippen LogP contribution in [-0.2, 0) is 10.0 Å². The molecule has 10 heteroatoms. The van der Waals surface area contributed by atoms with Crippen molar-refractivity contribution in [2.75, 3.05) is 26.1 Å². The van der Waals surface area contributed by atoms with Gasteiger partial charge in [-0.15, -0.1) is 0 Å².